The van der Waals surface area contributed by atoms with E-state index in [0.29, 0.717) is 11.8 Å². The Balaban J connectivity index is 1.64. The van der Waals surface area contributed by atoms with E-state index in [0.717, 1.165) is 55.2 Å². The first-order valence-corrected chi connectivity index (χ1v) is 12.0. The van der Waals surface area contributed by atoms with Gasteiger partial charge in [-0.25, -0.2) is 0 Å². The zero-order valence-electron chi connectivity index (χ0n) is 16.4. The average Bonchev–Trinajstić information content (AvgIpc) is 3.28. The van der Waals surface area contributed by atoms with Gasteiger partial charge in [0.1, 0.15) is 0 Å². The maximum Gasteiger partial charge on any atom is 0.230 e. The van der Waals surface area contributed by atoms with Gasteiger partial charge in [-0.3, -0.25) is 4.79 Å². The number of thioether (sulfide) groups is 1. The molecule has 5 nitrogen and oxygen atoms in total. The van der Waals surface area contributed by atoms with E-state index < -0.39 is 0 Å². The lowest BCUT2D eigenvalue weighted by Crippen LogP contribution is -2.37. The summed E-state index contributed by atoms with van der Waals surface area (Å²) in [4.78, 5) is 13.7. The fourth-order valence-corrected chi connectivity index (χ4v) is 5.30. The summed E-state index contributed by atoms with van der Waals surface area (Å²) in [6, 6.07) is 2.59. The summed E-state index contributed by atoms with van der Waals surface area (Å²) in [6.45, 7) is 5.23. The fourth-order valence-electron chi connectivity index (χ4n) is 3.56. The van der Waals surface area contributed by atoms with Crippen LogP contribution in [0.3, 0.4) is 0 Å². The topological polar surface area (TPSA) is 59.8 Å². The molecule has 27 heavy (non-hydrogen) atoms. The molecule has 1 aliphatic carbocycles. The van der Waals surface area contributed by atoms with Crippen molar-refractivity contribution in [2.45, 2.75) is 83.0 Å². The number of carbonyl (C=O) groups is 1. The highest BCUT2D eigenvalue weighted by Gasteiger charge is 2.19. The maximum absolute atomic E-state index is 12.3. The smallest absolute Gasteiger partial charge is 0.230 e. The average molecular weight is 407 g/mol. The summed E-state index contributed by atoms with van der Waals surface area (Å²) in [5, 5.41) is 15.0. The molecule has 0 radical (unpaired) electrons. The number of aromatic nitrogens is 3. The normalized spacial score (nSPS) is 15.2. The molecule has 3 rings (SSSR count). The van der Waals surface area contributed by atoms with E-state index in [9.17, 15) is 4.79 Å². The van der Waals surface area contributed by atoms with Gasteiger partial charge in [-0.05, 0) is 31.7 Å². The molecule has 1 saturated carbocycles. The van der Waals surface area contributed by atoms with Crippen LogP contribution < -0.4 is 5.32 Å². The van der Waals surface area contributed by atoms with E-state index in [1.54, 1.807) is 11.3 Å². The fraction of sp³-hybridized carbons (Fsp3) is 0.650. The predicted octanol–water partition coefficient (Wildman–Crippen LogP) is 4.91. The van der Waals surface area contributed by atoms with Crippen LogP contribution in [0.5, 0.6) is 0 Å². The molecule has 1 N–H and O–H groups in total. The highest BCUT2D eigenvalue weighted by Crippen LogP contribution is 2.28. The van der Waals surface area contributed by atoms with Crippen LogP contribution >= 0.6 is 23.1 Å². The summed E-state index contributed by atoms with van der Waals surface area (Å²) >= 11 is 3.29. The van der Waals surface area contributed by atoms with E-state index >= 15 is 0 Å². The number of thiophene rings is 1. The molecule has 7 heteroatoms. The van der Waals surface area contributed by atoms with Gasteiger partial charge in [0.25, 0.3) is 0 Å². The second kappa shape index (κ2) is 10.3. The molecular formula is C20H30N4OS2. The minimum Gasteiger partial charge on any atom is -0.353 e. The molecule has 0 saturated heterocycles. The molecule has 1 amide bonds. The van der Waals surface area contributed by atoms with Gasteiger partial charge in [0.05, 0.1) is 5.75 Å². The quantitative estimate of drug-likeness (QED) is 0.601. The predicted molar refractivity (Wildman–Crippen MR) is 113 cm³/mol. The van der Waals surface area contributed by atoms with Crippen LogP contribution in [0.1, 0.15) is 63.7 Å². The zero-order valence-corrected chi connectivity index (χ0v) is 18.0. The van der Waals surface area contributed by atoms with Crippen molar-refractivity contribution in [3.63, 3.8) is 0 Å². The van der Waals surface area contributed by atoms with Gasteiger partial charge in [-0.1, -0.05) is 51.3 Å². The van der Waals surface area contributed by atoms with Crippen molar-refractivity contribution in [3.05, 3.63) is 16.3 Å². The van der Waals surface area contributed by atoms with Gasteiger partial charge >= 0.3 is 0 Å². The number of nitrogens with one attached hydrogen (secondary N) is 1. The van der Waals surface area contributed by atoms with Crippen molar-refractivity contribution in [2.75, 3.05) is 5.75 Å². The van der Waals surface area contributed by atoms with E-state index in [-0.39, 0.29) is 5.91 Å². The number of aryl methyl sites for hydroxylation is 1. The Morgan fingerprint density at radius 3 is 2.81 bits per heavy atom. The molecule has 2 aromatic heterocycles. The highest BCUT2D eigenvalue weighted by molar-refractivity contribution is 7.99. The van der Waals surface area contributed by atoms with Gasteiger partial charge in [0, 0.05) is 28.4 Å². The maximum atomic E-state index is 12.3. The van der Waals surface area contributed by atoms with Gasteiger partial charge in [-0.2, -0.15) is 0 Å². The van der Waals surface area contributed by atoms with Gasteiger partial charge < -0.3 is 9.88 Å². The lowest BCUT2D eigenvalue weighted by atomic mass is 9.95. The van der Waals surface area contributed by atoms with Crippen LogP contribution in [0.4, 0.5) is 0 Å². The Labute approximate surface area is 170 Å². The Hall–Kier alpha value is -1.34. The van der Waals surface area contributed by atoms with Gasteiger partial charge in [0.15, 0.2) is 11.0 Å². The van der Waals surface area contributed by atoms with Gasteiger partial charge in [-0.15, -0.1) is 21.5 Å². The Kier molecular flexibility index (Phi) is 7.76. The van der Waals surface area contributed by atoms with Crippen LogP contribution in [-0.2, 0) is 17.8 Å². The van der Waals surface area contributed by atoms with E-state index in [1.165, 1.54) is 35.9 Å². The van der Waals surface area contributed by atoms with Crippen LogP contribution in [-0.4, -0.2) is 32.5 Å². The number of amides is 1. The Bertz CT molecular complexity index is 734. The first kappa shape index (κ1) is 20.4. The number of hydrogen-bond donors (Lipinski definition) is 1. The van der Waals surface area contributed by atoms with E-state index in [4.69, 9.17) is 0 Å². The van der Waals surface area contributed by atoms with E-state index in [2.05, 4.69) is 45.4 Å². The van der Waals surface area contributed by atoms with Crippen LogP contribution in [0, 0.1) is 0 Å². The Morgan fingerprint density at radius 1 is 1.26 bits per heavy atom. The SMILES string of the molecule is CCCc1cc(-c2nnc(SCC(=O)NC3CCCCC3)n2CCC)cs1. The molecule has 0 spiro atoms. The largest absolute Gasteiger partial charge is 0.353 e. The first-order valence-electron chi connectivity index (χ1n) is 10.1. The minimum atomic E-state index is 0.111. The molecular weight excluding hydrogens is 376 g/mol. The zero-order chi connectivity index (χ0) is 19.1. The monoisotopic (exact) mass is 406 g/mol. The summed E-state index contributed by atoms with van der Waals surface area (Å²) < 4.78 is 2.16. The van der Waals surface area contributed by atoms with E-state index in [1.807, 2.05) is 0 Å². The molecule has 0 atom stereocenters. The lowest BCUT2D eigenvalue weighted by Gasteiger charge is -2.22. The summed E-state index contributed by atoms with van der Waals surface area (Å²) in [7, 11) is 0. The van der Waals surface area contributed by atoms with Crippen molar-refractivity contribution in [2.24, 2.45) is 0 Å². The molecule has 0 unspecified atom stereocenters. The molecule has 2 aromatic rings. The number of rotatable bonds is 9. The Morgan fingerprint density at radius 2 is 2.07 bits per heavy atom. The summed E-state index contributed by atoms with van der Waals surface area (Å²) in [5.41, 5.74) is 1.14. The molecule has 1 fully saturated rings. The molecule has 0 aromatic carbocycles. The van der Waals surface area contributed by atoms with Crippen molar-refractivity contribution in [1.82, 2.24) is 20.1 Å². The molecule has 1 aliphatic rings. The summed E-state index contributed by atoms with van der Waals surface area (Å²) in [5.74, 6) is 1.44. The van der Waals surface area contributed by atoms with Crippen LogP contribution in [0.2, 0.25) is 0 Å². The second-order valence-corrected chi connectivity index (χ2v) is 9.14. The third kappa shape index (κ3) is 5.57. The second-order valence-electron chi connectivity index (χ2n) is 7.20. The van der Waals surface area contributed by atoms with Crippen LogP contribution in [0.25, 0.3) is 11.4 Å². The van der Waals surface area contributed by atoms with Crippen molar-refractivity contribution >= 4 is 29.0 Å². The third-order valence-electron chi connectivity index (χ3n) is 4.88. The molecule has 0 bridgehead atoms. The van der Waals surface area contributed by atoms with Crippen molar-refractivity contribution in [3.8, 4) is 11.4 Å². The van der Waals surface area contributed by atoms with Crippen molar-refractivity contribution < 1.29 is 4.79 Å². The summed E-state index contributed by atoms with van der Waals surface area (Å²) in [6.07, 6.45) is 9.26. The number of carbonyl (C=O) groups excluding carboxylic acids is 1. The highest BCUT2D eigenvalue weighted by atomic mass is 32.2. The minimum absolute atomic E-state index is 0.111. The van der Waals surface area contributed by atoms with Crippen LogP contribution in [0.15, 0.2) is 16.6 Å². The molecule has 148 valence electrons. The molecule has 0 aliphatic heterocycles. The standard InChI is InChI=1S/C20H30N4OS2/c1-3-8-17-12-15(13-26-17)19-22-23-20(24(19)11-4-2)27-14-18(25)21-16-9-6-5-7-10-16/h12-13,16H,3-11,14H2,1-2H3,(H,21,25). The first-order chi connectivity index (χ1) is 13.2. The van der Waals surface area contributed by atoms with Gasteiger partial charge in [0.2, 0.25) is 5.91 Å². The third-order valence-corrected chi connectivity index (χ3v) is 6.84. The number of hydrogen-bond acceptors (Lipinski definition) is 5. The molecule has 2 heterocycles. The van der Waals surface area contributed by atoms with Crippen molar-refractivity contribution in [1.29, 1.82) is 0 Å². The number of nitrogens with zero attached hydrogens (tertiary/aromatic N) is 3. The lowest BCUT2D eigenvalue weighted by molar-refractivity contribution is -0.119.